The number of likely N-dealkylation sites (N-methyl/N-ethyl adjacent to an activating group) is 1. The molecule has 0 unspecified atom stereocenters. The van der Waals surface area contributed by atoms with Crippen LogP contribution in [-0.4, -0.2) is 96.6 Å². The standard InChI is InChI=1S/C23H35N3O4S/c1-4-24(5-2)23(28)16-30-21-13-25(19-10-11-31-17-19)15-22(27)26(14-21)12-18-6-8-20(29-3)9-7-18/h6-9,19,21H,4-5,10-17H2,1-3H3/t19-,21-/m0/s1. The molecule has 31 heavy (non-hydrogen) atoms. The molecule has 0 radical (unpaired) electrons. The van der Waals surface area contributed by atoms with E-state index >= 15 is 0 Å². The summed E-state index contributed by atoms with van der Waals surface area (Å²) in [6.07, 6.45) is 0.913. The van der Waals surface area contributed by atoms with E-state index in [1.54, 1.807) is 12.0 Å². The smallest absolute Gasteiger partial charge is 0.248 e. The maximum atomic E-state index is 13.1. The number of benzene rings is 1. The van der Waals surface area contributed by atoms with Crippen molar-refractivity contribution in [2.75, 3.05) is 57.9 Å². The van der Waals surface area contributed by atoms with Gasteiger partial charge >= 0.3 is 0 Å². The number of methoxy groups -OCH3 is 1. The molecule has 0 aliphatic carbocycles. The van der Waals surface area contributed by atoms with E-state index in [-0.39, 0.29) is 24.5 Å². The van der Waals surface area contributed by atoms with Crippen LogP contribution >= 0.6 is 11.8 Å². The SMILES string of the molecule is CCN(CC)C(=O)CO[C@@H]1CN(Cc2ccc(OC)cc2)C(=O)CN([C@H]2CCSC2)C1. The van der Waals surface area contributed by atoms with E-state index in [0.29, 0.717) is 45.3 Å². The van der Waals surface area contributed by atoms with Crippen LogP contribution in [0.2, 0.25) is 0 Å². The van der Waals surface area contributed by atoms with Gasteiger partial charge < -0.3 is 19.3 Å². The normalized spacial score (nSPS) is 22.4. The van der Waals surface area contributed by atoms with Crippen LogP contribution in [-0.2, 0) is 20.9 Å². The summed E-state index contributed by atoms with van der Waals surface area (Å²) in [5.41, 5.74) is 1.05. The molecule has 0 bridgehead atoms. The topological polar surface area (TPSA) is 62.3 Å². The first-order chi connectivity index (χ1) is 15.0. The number of thioether (sulfide) groups is 1. The molecule has 2 heterocycles. The van der Waals surface area contributed by atoms with Gasteiger partial charge in [-0.2, -0.15) is 11.8 Å². The van der Waals surface area contributed by atoms with E-state index in [2.05, 4.69) is 4.90 Å². The van der Waals surface area contributed by atoms with Crippen molar-refractivity contribution in [3.8, 4) is 5.75 Å². The van der Waals surface area contributed by atoms with Gasteiger partial charge in [0, 0.05) is 44.5 Å². The highest BCUT2D eigenvalue weighted by atomic mass is 32.2. The van der Waals surface area contributed by atoms with E-state index in [1.165, 1.54) is 0 Å². The Hall–Kier alpha value is -1.77. The Bertz CT molecular complexity index is 720. The molecule has 0 N–H and O–H groups in total. The van der Waals surface area contributed by atoms with E-state index < -0.39 is 0 Å². The molecular formula is C23H35N3O4S. The van der Waals surface area contributed by atoms with E-state index in [9.17, 15) is 9.59 Å². The number of carbonyl (C=O) groups excluding carboxylic acids is 2. The number of rotatable bonds is 9. The van der Waals surface area contributed by atoms with Gasteiger partial charge in [-0.15, -0.1) is 0 Å². The van der Waals surface area contributed by atoms with Gasteiger partial charge in [0.15, 0.2) is 0 Å². The zero-order valence-electron chi connectivity index (χ0n) is 18.9. The first-order valence-electron chi connectivity index (χ1n) is 11.2. The molecule has 2 fully saturated rings. The molecule has 2 amide bonds. The minimum atomic E-state index is -0.185. The van der Waals surface area contributed by atoms with Crippen molar-refractivity contribution in [3.63, 3.8) is 0 Å². The highest BCUT2D eigenvalue weighted by Gasteiger charge is 2.33. The predicted octanol–water partition coefficient (Wildman–Crippen LogP) is 2.10. The molecule has 2 saturated heterocycles. The number of hydrogen-bond acceptors (Lipinski definition) is 6. The van der Waals surface area contributed by atoms with Crippen LogP contribution in [0.15, 0.2) is 24.3 Å². The van der Waals surface area contributed by atoms with Crippen LogP contribution in [0.1, 0.15) is 25.8 Å². The number of carbonyl (C=O) groups is 2. The summed E-state index contributed by atoms with van der Waals surface area (Å²) in [6.45, 7) is 7.47. The Kier molecular flexibility index (Phi) is 9.04. The minimum Gasteiger partial charge on any atom is -0.497 e. The summed E-state index contributed by atoms with van der Waals surface area (Å²) >= 11 is 1.94. The second-order valence-corrected chi connectivity index (χ2v) is 9.22. The lowest BCUT2D eigenvalue weighted by Crippen LogP contribution is -2.43. The lowest BCUT2D eigenvalue weighted by Gasteiger charge is -2.28. The average molecular weight is 450 g/mol. The summed E-state index contributed by atoms with van der Waals surface area (Å²) in [5.74, 6) is 3.11. The van der Waals surface area contributed by atoms with Gasteiger partial charge in [-0.3, -0.25) is 14.5 Å². The molecule has 8 heteroatoms. The van der Waals surface area contributed by atoms with E-state index in [1.807, 2.05) is 54.8 Å². The Morgan fingerprint density at radius 3 is 2.55 bits per heavy atom. The van der Waals surface area contributed by atoms with Crippen LogP contribution in [0, 0.1) is 0 Å². The monoisotopic (exact) mass is 449 g/mol. The minimum absolute atomic E-state index is 0.00486. The van der Waals surface area contributed by atoms with Gasteiger partial charge in [0.1, 0.15) is 12.4 Å². The van der Waals surface area contributed by atoms with Crippen molar-refractivity contribution in [2.24, 2.45) is 0 Å². The summed E-state index contributed by atoms with van der Waals surface area (Å²) in [7, 11) is 1.64. The Labute approximate surface area is 190 Å². The highest BCUT2D eigenvalue weighted by Crippen LogP contribution is 2.25. The molecule has 2 atom stereocenters. The molecule has 0 saturated carbocycles. The quantitative estimate of drug-likeness (QED) is 0.575. The summed E-state index contributed by atoms with van der Waals surface area (Å²) in [4.78, 5) is 31.5. The Morgan fingerprint density at radius 2 is 1.94 bits per heavy atom. The molecule has 7 nitrogen and oxygen atoms in total. The molecule has 2 aliphatic rings. The molecule has 3 rings (SSSR count). The van der Waals surface area contributed by atoms with E-state index in [0.717, 1.165) is 29.2 Å². The van der Waals surface area contributed by atoms with Crippen LogP contribution in [0.5, 0.6) is 5.75 Å². The maximum absolute atomic E-state index is 13.1. The summed E-state index contributed by atoms with van der Waals surface area (Å²) < 4.78 is 11.3. The maximum Gasteiger partial charge on any atom is 0.248 e. The van der Waals surface area contributed by atoms with E-state index in [4.69, 9.17) is 9.47 Å². The second-order valence-electron chi connectivity index (χ2n) is 8.07. The van der Waals surface area contributed by atoms with Crippen molar-refractivity contribution in [1.82, 2.24) is 14.7 Å². The number of nitrogens with zero attached hydrogens (tertiary/aromatic N) is 3. The number of amides is 2. The van der Waals surface area contributed by atoms with Crippen molar-refractivity contribution in [1.29, 1.82) is 0 Å². The van der Waals surface area contributed by atoms with Gasteiger partial charge in [-0.05, 0) is 43.7 Å². The molecule has 172 valence electrons. The van der Waals surface area contributed by atoms with Crippen molar-refractivity contribution >= 4 is 23.6 Å². The van der Waals surface area contributed by atoms with Crippen molar-refractivity contribution in [2.45, 2.75) is 39.0 Å². The third-order valence-electron chi connectivity index (χ3n) is 6.07. The molecule has 0 aromatic heterocycles. The highest BCUT2D eigenvalue weighted by molar-refractivity contribution is 7.99. The van der Waals surface area contributed by atoms with Gasteiger partial charge in [-0.25, -0.2) is 0 Å². The third-order valence-corrected chi connectivity index (χ3v) is 7.21. The second kappa shape index (κ2) is 11.7. The first kappa shape index (κ1) is 23.9. The summed E-state index contributed by atoms with van der Waals surface area (Å²) in [5, 5.41) is 0. The van der Waals surface area contributed by atoms with Crippen molar-refractivity contribution < 1.29 is 19.1 Å². The van der Waals surface area contributed by atoms with Gasteiger partial charge in [0.2, 0.25) is 11.8 Å². The van der Waals surface area contributed by atoms with Crippen LogP contribution < -0.4 is 4.74 Å². The van der Waals surface area contributed by atoms with Gasteiger partial charge in [-0.1, -0.05) is 12.1 Å². The number of ether oxygens (including phenoxy) is 2. The fourth-order valence-electron chi connectivity index (χ4n) is 4.16. The zero-order chi connectivity index (χ0) is 22.2. The fourth-order valence-corrected chi connectivity index (χ4v) is 5.41. The predicted molar refractivity (Wildman–Crippen MR) is 123 cm³/mol. The number of hydrogen-bond donors (Lipinski definition) is 0. The molecule has 1 aromatic rings. The zero-order valence-corrected chi connectivity index (χ0v) is 19.7. The van der Waals surface area contributed by atoms with Crippen LogP contribution in [0.4, 0.5) is 0 Å². The molecular weight excluding hydrogens is 414 g/mol. The summed E-state index contributed by atoms with van der Waals surface area (Å²) in [6, 6.07) is 8.20. The lowest BCUT2D eigenvalue weighted by atomic mass is 10.2. The average Bonchev–Trinajstić information content (AvgIpc) is 3.27. The van der Waals surface area contributed by atoms with Gasteiger partial charge in [0.05, 0.1) is 19.8 Å². The Balaban J connectivity index is 1.69. The molecule has 2 aliphatic heterocycles. The first-order valence-corrected chi connectivity index (χ1v) is 12.3. The lowest BCUT2D eigenvalue weighted by molar-refractivity contribution is -0.138. The fraction of sp³-hybridized carbons (Fsp3) is 0.652. The molecule has 0 spiro atoms. The van der Waals surface area contributed by atoms with Gasteiger partial charge in [0.25, 0.3) is 0 Å². The molecule has 1 aromatic carbocycles. The Morgan fingerprint density at radius 1 is 1.19 bits per heavy atom. The van der Waals surface area contributed by atoms with Crippen LogP contribution in [0.25, 0.3) is 0 Å². The third kappa shape index (κ3) is 6.60. The largest absolute Gasteiger partial charge is 0.497 e. The van der Waals surface area contributed by atoms with Crippen molar-refractivity contribution in [3.05, 3.63) is 29.8 Å². The van der Waals surface area contributed by atoms with Crippen LogP contribution in [0.3, 0.4) is 0 Å².